The first kappa shape index (κ1) is 21.7. The summed E-state index contributed by atoms with van der Waals surface area (Å²) < 4.78 is 5.59. The second-order valence-electron chi connectivity index (χ2n) is 6.05. The minimum absolute atomic E-state index is 0.0224. The molecule has 0 saturated carbocycles. The molecule has 0 fully saturated rings. The molecule has 0 amide bonds. The lowest BCUT2D eigenvalue weighted by molar-refractivity contribution is -0.385. The van der Waals surface area contributed by atoms with Crippen LogP contribution in [0.25, 0.3) is 17.4 Å². The van der Waals surface area contributed by atoms with E-state index in [2.05, 4.69) is 0 Å². The average molecular weight is 458 g/mol. The Morgan fingerprint density at radius 1 is 1.03 bits per heavy atom. The van der Waals surface area contributed by atoms with Crippen molar-refractivity contribution in [3.63, 3.8) is 0 Å². The van der Waals surface area contributed by atoms with Gasteiger partial charge >= 0.3 is 0 Å². The van der Waals surface area contributed by atoms with E-state index in [9.17, 15) is 30.3 Å². The number of carbonyl (C=O) groups is 1. The molecule has 0 aliphatic rings. The minimum atomic E-state index is -0.722. The van der Waals surface area contributed by atoms with E-state index < -0.39 is 15.6 Å². The number of Topliss-reactive ketones (excluding diaryl/α,β-unsaturated/α-hetero) is 1. The molecule has 0 aliphatic heterocycles. The highest BCUT2D eigenvalue weighted by molar-refractivity contribution is 6.36. The molecule has 9 nitrogen and oxygen atoms in total. The maximum absolute atomic E-state index is 12.6. The van der Waals surface area contributed by atoms with Crippen LogP contribution in [0.5, 0.6) is 0 Å². The van der Waals surface area contributed by atoms with Crippen LogP contribution in [0.1, 0.15) is 16.1 Å². The fraction of sp³-hybridized carbons (Fsp3) is 0. The van der Waals surface area contributed by atoms with E-state index >= 15 is 0 Å². The Labute approximate surface area is 184 Å². The van der Waals surface area contributed by atoms with Crippen molar-refractivity contribution in [2.45, 2.75) is 0 Å². The quantitative estimate of drug-likeness (QED) is 0.148. The number of halogens is 2. The predicted octanol–water partition coefficient (Wildman–Crippen LogP) is 5.86. The Morgan fingerprint density at radius 2 is 1.77 bits per heavy atom. The van der Waals surface area contributed by atoms with Crippen molar-refractivity contribution < 1.29 is 19.1 Å². The van der Waals surface area contributed by atoms with Gasteiger partial charge in [-0.15, -0.1) is 0 Å². The summed E-state index contributed by atoms with van der Waals surface area (Å²) >= 11 is 12.0. The molecule has 0 spiro atoms. The van der Waals surface area contributed by atoms with Gasteiger partial charge in [0.2, 0.25) is 5.78 Å². The summed E-state index contributed by atoms with van der Waals surface area (Å²) in [5, 5.41) is 31.1. The van der Waals surface area contributed by atoms with Gasteiger partial charge in [-0.2, -0.15) is 5.26 Å². The number of nitro benzene ring substituents is 2. The van der Waals surface area contributed by atoms with Crippen LogP contribution in [0.3, 0.4) is 0 Å². The number of hydrogen-bond acceptors (Lipinski definition) is 7. The van der Waals surface area contributed by atoms with Crippen LogP contribution in [0.2, 0.25) is 10.0 Å². The van der Waals surface area contributed by atoms with E-state index in [0.29, 0.717) is 0 Å². The number of benzene rings is 2. The van der Waals surface area contributed by atoms with Crippen LogP contribution in [-0.4, -0.2) is 15.6 Å². The Bertz CT molecular complexity index is 1310. The summed E-state index contributed by atoms with van der Waals surface area (Å²) in [5.41, 5.74) is -0.710. The van der Waals surface area contributed by atoms with E-state index in [0.717, 1.165) is 12.1 Å². The van der Waals surface area contributed by atoms with Crippen LogP contribution in [0, 0.1) is 31.6 Å². The van der Waals surface area contributed by atoms with E-state index in [-0.39, 0.29) is 49.6 Å². The topological polar surface area (TPSA) is 140 Å². The van der Waals surface area contributed by atoms with Gasteiger partial charge in [0.05, 0.1) is 14.9 Å². The molecule has 0 N–H and O–H groups in total. The highest BCUT2D eigenvalue weighted by atomic mass is 35.5. The van der Waals surface area contributed by atoms with Gasteiger partial charge in [-0.25, -0.2) is 0 Å². The van der Waals surface area contributed by atoms with Crippen LogP contribution < -0.4 is 0 Å². The Kier molecular flexibility index (Phi) is 6.15. The first-order valence-electron chi connectivity index (χ1n) is 8.36. The summed E-state index contributed by atoms with van der Waals surface area (Å²) in [7, 11) is 0. The molecule has 3 rings (SSSR count). The molecule has 0 atom stereocenters. The van der Waals surface area contributed by atoms with Crippen molar-refractivity contribution in [2.24, 2.45) is 0 Å². The zero-order chi connectivity index (χ0) is 22.7. The number of hydrogen-bond donors (Lipinski definition) is 0. The molecule has 0 saturated heterocycles. The maximum Gasteiger partial charge on any atom is 0.289 e. The predicted molar refractivity (Wildman–Crippen MR) is 112 cm³/mol. The van der Waals surface area contributed by atoms with Crippen molar-refractivity contribution in [1.82, 2.24) is 0 Å². The Morgan fingerprint density at radius 3 is 2.42 bits per heavy atom. The van der Waals surface area contributed by atoms with Gasteiger partial charge in [-0.1, -0.05) is 35.3 Å². The van der Waals surface area contributed by atoms with Crippen molar-refractivity contribution in [3.05, 3.63) is 95.7 Å². The van der Waals surface area contributed by atoms with Gasteiger partial charge in [0.1, 0.15) is 28.2 Å². The van der Waals surface area contributed by atoms with Crippen LogP contribution >= 0.6 is 23.2 Å². The molecule has 0 unspecified atom stereocenters. The number of non-ortho nitro benzene ring substituents is 1. The Hall–Kier alpha value is -4.00. The molecule has 154 valence electrons. The maximum atomic E-state index is 12.6. The lowest BCUT2D eigenvalue weighted by Gasteiger charge is -2.03. The minimum Gasteiger partial charge on any atom is -0.457 e. The smallest absolute Gasteiger partial charge is 0.289 e. The first-order valence-corrected chi connectivity index (χ1v) is 9.11. The Balaban J connectivity index is 1.95. The molecule has 1 heterocycles. The van der Waals surface area contributed by atoms with Crippen molar-refractivity contribution in [3.8, 4) is 17.4 Å². The summed E-state index contributed by atoms with van der Waals surface area (Å²) in [5.74, 6) is -0.399. The number of nitrogens with zero attached hydrogens (tertiary/aromatic N) is 3. The molecule has 0 radical (unpaired) electrons. The second kappa shape index (κ2) is 8.79. The molecular formula is C20H9Cl2N3O6. The molecule has 2 aromatic carbocycles. The number of rotatable bonds is 6. The zero-order valence-corrected chi connectivity index (χ0v) is 16.8. The van der Waals surface area contributed by atoms with Gasteiger partial charge in [0.15, 0.2) is 0 Å². The largest absolute Gasteiger partial charge is 0.457 e. The van der Waals surface area contributed by atoms with E-state index in [1.807, 2.05) is 0 Å². The third kappa shape index (κ3) is 4.61. The van der Waals surface area contributed by atoms with Gasteiger partial charge in [0, 0.05) is 35.4 Å². The number of allylic oxidation sites excluding steroid dienone is 1. The zero-order valence-electron chi connectivity index (χ0n) is 15.2. The van der Waals surface area contributed by atoms with E-state index in [1.54, 1.807) is 6.07 Å². The SMILES string of the molecule is N#C/C(=C\c1ccc(-c2cc(Cl)c([N+](=O)[O-])cc2Cl)o1)C(=O)c1cccc([N+](=O)[O-])c1. The molecule has 11 heteroatoms. The molecule has 1 aromatic heterocycles. The summed E-state index contributed by atoms with van der Waals surface area (Å²) in [6.07, 6.45) is 1.17. The fourth-order valence-electron chi connectivity index (χ4n) is 2.65. The van der Waals surface area contributed by atoms with Crippen molar-refractivity contribution in [2.75, 3.05) is 0 Å². The molecule has 0 bridgehead atoms. The van der Waals surface area contributed by atoms with Crippen LogP contribution in [0.4, 0.5) is 11.4 Å². The van der Waals surface area contributed by atoms with Crippen LogP contribution in [-0.2, 0) is 0 Å². The highest BCUT2D eigenvalue weighted by Gasteiger charge is 2.20. The van der Waals surface area contributed by atoms with Crippen molar-refractivity contribution in [1.29, 1.82) is 5.26 Å². The standard InChI is InChI=1S/C20H9Cl2N3O6/c21-16-9-18(25(29)30)17(22)8-15(16)19-5-4-14(31-19)7-12(10-23)20(26)11-2-1-3-13(6-11)24(27)28/h1-9H/b12-7+. The third-order valence-electron chi connectivity index (χ3n) is 4.10. The first-order chi connectivity index (χ1) is 14.7. The van der Waals surface area contributed by atoms with Gasteiger partial charge in [0.25, 0.3) is 11.4 Å². The lowest BCUT2D eigenvalue weighted by atomic mass is 10.0. The highest BCUT2D eigenvalue weighted by Crippen LogP contribution is 2.37. The van der Waals surface area contributed by atoms with Crippen LogP contribution in [0.15, 0.2) is 58.5 Å². The molecule has 3 aromatic rings. The summed E-state index contributed by atoms with van der Waals surface area (Å²) in [6.45, 7) is 0. The lowest BCUT2D eigenvalue weighted by Crippen LogP contribution is -2.02. The number of nitro groups is 2. The van der Waals surface area contributed by atoms with E-state index in [1.165, 1.54) is 42.5 Å². The molecular weight excluding hydrogens is 449 g/mol. The van der Waals surface area contributed by atoms with E-state index in [4.69, 9.17) is 27.6 Å². The van der Waals surface area contributed by atoms with Gasteiger partial charge < -0.3 is 4.42 Å². The van der Waals surface area contributed by atoms with Gasteiger partial charge in [-0.3, -0.25) is 25.0 Å². The fourth-order valence-corrected chi connectivity index (χ4v) is 3.13. The average Bonchev–Trinajstić information content (AvgIpc) is 3.21. The number of nitriles is 1. The number of carbonyl (C=O) groups excluding carboxylic acids is 1. The molecule has 31 heavy (non-hydrogen) atoms. The third-order valence-corrected chi connectivity index (χ3v) is 4.71. The van der Waals surface area contributed by atoms with Gasteiger partial charge in [-0.05, 0) is 18.2 Å². The molecule has 0 aliphatic carbocycles. The normalized spacial score (nSPS) is 11.1. The monoisotopic (exact) mass is 457 g/mol. The number of furan rings is 1. The summed E-state index contributed by atoms with van der Waals surface area (Å²) in [6, 6.07) is 12.0. The second-order valence-corrected chi connectivity index (χ2v) is 6.86. The van der Waals surface area contributed by atoms with Crippen molar-refractivity contribution >= 4 is 46.4 Å². The number of ketones is 1. The summed E-state index contributed by atoms with van der Waals surface area (Å²) in [4.78, 5) is 33.1.